The highest BCUT2D eigenvalue weighted by atomic mass is 16.2. The first-order chi connectivity index (χ1) is 10.5. The molecule has 1 aliphatic carbocycles. The van der Waals surface area contributed by atoms with Crippen LogP contribution in [0.3, 0.4) is 0 Å². The first-order valence-electron chi connectivity index (χ1n) is 8.28. The molecule has 1 fully saturated rings. The van der Waals surface area contributed by atoms with Crippen LogP contribution in [0.25, 0.3) is 0 Å². The van der Waals surface area contributed by atoms with Crippen LogP contribution in [0.15, 0.2) is 12.2 Å². The van der Waals surface area contributed by atoms with E-state index in [1.165, 1.54) is 17.1 Å². The van der Waals surface area contributed by atoms with Crippen molar-refractivity contribution in [2.75, 3.05) is 13.1 Å². The van der Waals surface area contributed by atoms with Gasteiger partial charge in [0.15, 0.2) is 0 Å². The van der Waals surface area contributed by atoms with Gasteiger partial charge in [0.2, 0.25) is 5.91 Å². The van der Waals surface area contributed by atoms with E-state index < -0.39 is 0 Å². The number of nitrogens with zero attached hydrogens (tertiary/aromatic N) is 1. The molecule has 0 radical (unpaired) electrons. The van der Waals surface area contributed by atoms with Crippen LogP contribution in [0.2, 0.25) is 0 Å². The van der Waals surface area contributed by atoms with Gasteiger partial charge in [-0.15, -0.1) is 0 Å². The lowest BCUT2D eigenvalue weighted by Gasteiger charge is -2.30. The Balaban J connectivity index is 1.70. The maximum Gasteiger partial charge on any atom is 0.253 e. The number of hydrogen-bond donors (Lipinski definition) is 1. The van der Waals surface area contributed by atoms with Gasteiger partial charge < -0.3 is 5.32 Å². The summed E-state index contributed by atoms with van der Waals surface area (Å²) in [6.45, 7) is 5.53. The van der Waals surface area contributed by atoms with Gasteiger partial charge in [-0.05, 0) is 43.9 Å². The van der Waals surface area contributed by atoms with E-state index in [4.69, 9.17) is 0 Å². The Bertz CT molecular complexity index is 445. The first-order valence-corrected chi connectivity index (χ1v) is 8.28. The standard InChI is InChI=1S/C17H26N2O3/c1-12(2)9-10-18-17(22)14-5-3-13(4-6-14)11-19-15(20)7-8-16(19)21/h7-8,12-14H,3-6,9-11H2,1-2H3,(H,18,22)/t13-,14-. The molecule has 5 nitrogen and oxygen atoms in total. The van der Waals surface area contributed by atoms with E-state index in [1.54, 1.807) is 0 Å². The van der Waals surface area contributed by atoms with Crippen LogP contribution in [0.5, 0.6) is 0 Å². The van der Waals surface area contributed by atoms with E-state index >= 15 is 0 Å². The van der Waals surface area contributed by atoms with Gasteiger partial charge >= 0.3 is 0 Å². The molecule has 1 saturated carbocycles. The molecule has 0 bridgehead atoms. The van der Waals surface area contributed by atoms with Gasteiger partial charge in [0.25, 0.3) is 11.8 Å². The van der Waals surface area contributed by atoms with Gasteiger partial charge in [0.05, 0.1) is 0 Å². The molecule has 1 aliphatic heterocycles. The average Bonchev–Trinajstić information content (AvgIpc) is 2.79. The maximum absolute atomic E-state index is 12.1. The lowest BCUT2D eigenvalue weighted by atomic mass is 9.81. The van der Waals surface area contributed by atoms with Crippen molar-refractivity contribution in [2.24, 2.45) is 17.8 Å². The summed E-state index contributed by atoms with van der Waals surface area (Å²) in [5.41, 5.74) is 0. The van der Waals surface area contributed by atoms with Crippen molar-refractivity contribution in [3.05, 3.63) is 12.2 Å². The molecule has 2 rings (SSSR count). The van der Waals surface area contributed by atoms with E-state index in [0.29, 0.717) is 18.4 Å². The fraction of sp³-hybridized carbons (Fsp3) is 0.706. The highest BCUT2D eigenvalue weighted by molar-refractivity contribution is 6.12. The minimum Gasteiger partial charge on any atom is -0.356 e. The van der Waals surface area contributed by atoms with Crippen LogP contribution in [-0.4, -0.2) is 35.7 Å². The van der Waals surface area contributed by atoms with Crippen LogP contribution < -0.4 is 5.32 Å². The van der Waals surface area contributed by atoms with Crippen LogP contribution in [0.1, 0.15) is 46.0 Å². The van der Waals surface area contributed by atoms with E-state index in [9.17, 15) is 14.4 Å². The molecule has 1 heterocycles. The summed E-state index contributed by atoms with van der Waals surface area (Å²) in [6.07, 6.45) is 7.17. The predicted molar refractivity (Wildman–Crippen MR) is 83.8 cm³/mol. The monoisotopic (exact) mass is 306 g/mol. The molecule has 0 unspecified atom stereocenters. The number of rotatable bonds is 6. The summed E-state index contributed by atoms with van der Waals surface area (Å²) in [6, 6.07) is 0. The normalized spacial score (nSPS) is 25.1. The third-order valence-corrected chi connectivity index (χ3v) is 4.58. The van der Waals surface area contributed by atoms with Crippen molar-refractivity contribution < 1.29 is 14.4 Å². The Morgan fingerprint density at radius 1 is 1.18 bits per heavy atom. The number of nitrogens with one attached hydrogen (secondary N) is 1. The summed E-state index contributed by atoms with van der Waals surface area (Å²) in [4.78, 5) is 36.5. The smallest absolute Gasteiger partial charge is 0.253 e. The summed E-state index contributed by atoms with van der Waals surface area (Å²) in [5.74, 6) is 0.755. The quantitative estimate of drug-likeness (QED) is 0.762. The third-order valence-electron chi connectivity index (χ3n) is 4.58. The summed E-state index contributed by atoms with van der Waals surface area (Å²) >= 11 is 0. The number of amides is 3. The van der Waals surface area contributed by atoms with Crippen LogP contribution in [-0.2, 0) is 14.4 Å². The molecular weight excluding hydrogens is 280 g/mol. The molecule has 2 aliphatic rings. The van der Waals surface area contributed by atoms with Gasteiger partial charge in [-0.3, -0.25) is 19.3 Å². The minimum atomic E-state index is -0.210. The number of imide groups is 1. The maximum atomic E-state index is 12.1. The lowest BCUT2D eigenvalue weighted by Crippen LogP contribution is -2.38. The highest BCUT2D eigenvalue weighted by Crippen LogP contribution is 2.30. The topological polar surface area (TPSA) is 66.5 Å². The Labute approximate surface area is 132 Å². The fourth-order valence-electron chi connectivity index (χ4n) is 3.10. The Hall–Kier alpha value is -1.65. The second-order valence-corrected chi connectivity index (χ2v) is 6.81. The molecule has 5 heteroatoms. The number of carbonyl (C=O) groups excluding carboxylic acids is 3. The molecule has 0 saturated heterocycles. The molecule has 0 aromatic rings. The second kappa shape index (κ2) is 7.56. The van der Waals surface area contributed by atoms with Crippen molar-refractivity contribution in [3.63, 3.8) is 0 Å². The lowest BCUT2D eigenvalue weighted by molar-refractivity contribution is -0.138. The minimum absolute atomic E-state index is 0.0894. The third kappa shape index (κ3) is 4.42. The van der Waals surface area contributed by atoms with Crippen molar-refractivity contribution in [1.82, 2.24) is 10.2 Å². The van der Waals surface area contributed by atoms with E-state index in [2.05, 4.69) is 19.2 Å². The fourth-order valence-corrected chi connectivity index (χ4v) is 3.10. The van der Waals surface area contributed by atoms with E-state index in [-0.39, 0.29) is 23.6 Å². The molecule has 22 heavy (non-hydrogen) atoms. The zero-order valence-electron chi connectivity index (χ0n) is 13.5. The molecular formula is C17H26N2O3. The van der Waals surface area contributed by atoms with E-state index in [0.717, 1.165) is 38.6 Å². The Morgan fingerprint density at radius 2 is 1.77 bits per heavy atom. The van der Waals surface area contributed by atoms with Crippen LogP contribution in [0, 0.1) is 17.8 Å². The molecule has 0 spiro atoms. The highest BCUT2D eigenvalue weighted by Gasteiger charge is 2.31. The SMILES string of the molecule is CC(C)CCNC(=O)[C@H]1CC[C@H](CN2C(=O)C=CC2=O)CC1. The van der Waals surface area contributed by atoms with E-state index in [1.807, 2.05) is 0 Å². The van der Waals surface area contributed by atoms with Gasteiger partial charge in [-0.1, -0.05) is 13.8 Å². The molecule has 1 N–H and O–H groups in total. The van der Waals surface area contributed by atoms with Crippen LogP contribution in [0.4, 0.5) is 0 Å². The summed E-state index contributed by atoms with van der Waals surface area (Å²) in [7, 11) is 0. The van der Waals surface area contributed by atoms with Gasteiger partial charge in [0, 0.05) is 31.2 Å². The first kappa shape index (κ1) is 16.7. The van der Waals surface area contributed by atoms with Gasteiger partial charge in [-0.2, -0.15) is 0 Å². The largest absolute Gasteiger partial charge is 0.356 e. The van der Waals surface area contributed by atoms with Crippen molar-refractivity contribution in [3.8, 4) is 0 Å². The number of hydrogen-bond acceptors (Lipinski definition) is 3. The van der Waals surface area contributed by atoms with Gasteiger partial charge in [-0.25, -0.2) is 0 Å². The van der Waals surface area contributed by atoms with Gasteiger partial charge in [0.1, 0.15) is 0 Å². The molecule has 0 aromatic carbocycles. The molecule has 0 atom stereocenters. The molecule has 0 aromatic heterocycles. The van der Waals surface area contributed by atoms with Crippen molar-refractivity contribution in [2.45, 2.75) is 46.0 Å². The number of carbonyl (C=O) groups is 3. The zero-order chi connectivity index (χ0) is 16.1. The van der Waals surface area contributed by atoms with Crippen molar-refractivity contribution >= 4 is 17.7 Å². The van der Waals surface area contributed by atoms with Crippen LogP contribution >= 0.6 is 0 Å². The Kier molecular flexibility index (Phi) is 5.75. The summed E-state index contributed by atoms with van der Waals surface area (Å²) < 4.78 is 0. The molecule has 3 amide bonds. The average molecular weight is 306 g/mol. The Morgan fingerprint density at radius 3 is 2.32 bits per heavy atom. The molecule has 122 valence electrons. The summed E-state index contributed by atoms with van der Waals surface area (Å²) in [5, 5.41) is 3.02. The predicted octanol–water partition coefficient (Wildman–Crippen LogP) is 1.88. The second-order valence-electron chi connectivity index (χ2n) is 6.81. The van der Waals surface area contributed by atoms with Crippen molar-refractivity contribution in [1.29, 1.82) is 0 Å². The zero-order valence-corrected chi connectivity index (χ0v) is 13.5.